The molecule has 0 saturated carbocycles. The van der Waals surface area contributed by atoms with Gasteiger partial charge >= 0.3 is 10.2 Å². The Bertz CT molecular complexity index is 536. The summed E-state index contributed by atoms with van der Waals surface area (Å²) in [5, 5.41) is 0. The summed E-state index contributed by atoms with van der Waals surface area (Å²) in [7, 11) is -3.68. The Morgan fingerprint density at radius 3 is 2.89 bits per heavy atom. The molecular weight excluding hydrogens is 269 g/mol. The number of halogens is 1. The summed E-state index contributed by atoms with van der Waals surface area (Å²) in [4.78, 5) is 0. The zero-order valence-electron chi connectivity index (χ0n) is 10.5. The van der Waals surface area contributed by atoms with E-state index < -0.39 is 16.0 Å². The molecule has 0 aliphatic carbocycles. The molecule has 5 nitrogen and oxygen atoms in total. The second kappa shape index (κ2) is 5.85. The lowest BCUT2D eigenvalue weighted by Crippen LogP contribution is -2.49. The van der Waals surface area contributed by atoms with Crippen molar-refractivity contribution in [3.05, 3.63) is 30.1 Å². The van der Waals surface area contributed by atoms with Crippen molar-refractivity contribution < 1.29 is 12.8 Å². The van der Waals surface area contributed by atoms with Gasteiger partial charge in [-0.05, 0) is 31.0 Å². The smallest absolute Gasteiger partial charge is 0.301 e. The maximum absolute atomic E-state index is 13.1. The first-order chi connectivity index (χ1) is 9.03. The molecule has 1 aliphatic rings. The lowest BCUT2D eigenvalue weighted by molar-refractivity contribution is 0.259. The first-order valence-corrected chi connectivity index (χ1v) is 7.72. The summed E-state index contributed by atoms with van der Waals surface area (Å²) >= 11 is 0. The van der Waals surface area contributed by atoms with E-state index in [2.05, 4.69) is 4.72 Å². The topological polar surface area (TPSA) is 75.4 Å². The van der Waals surface area contributed by atoms with Gasteiger partial charge in [-0.2, -0.15) is 12.7 Å². The fourth-order valence-electron chi connectivity index (χ4n) is 2.29. The minimum Gasteiger partial charge on any atom is -0.329 e. The molecule has 1 aliphatic heterocycles. The van der Waals surface area contributed by atoms with E-state index in [9.17, 15) is 12.8 Å². The zero-order chi connectivity index (χ0) is 13.9. The van der Waals surface area contributed by atoms with Crippen molar-refractivity contribution in [2.75, 3.05) is 17.8 Å². The van der Waals surface area contributed by atoms with Gasteiger partial charge in [0.15, 0.2) is 0 Å². The fourth-order valence-corrected chi connectivity index (χ4v) is 3.78. The van der Waals surface area contributed by atoms with Gasteiger partial charge in [0.1, 0.15) is 5.82 Å². The third-order valence-electron chi connectivity index (χ3n) is 3.23. The third-order valence-corrected chi connectivity index (χ3v) is 4.82. The van der Waals surface area contributed by atoms with Crippen LogP contribution in [0.3, 0.4) is 0 Å². The lowest BCUT2D eigenvalue weighted by atomic mass is 10.1. The molecule has 1 saturated heterocycles. The number of rotatable bonds is 4. The zero-order valence-corrected chi connectivity index (χ0v) is 11.4. The van der Waals surface area contributed by atoms with Gasteiger partial charge in [0.2, 0.25) is 0 Å². The van der Waals surface area contributed by atoms with E-state index in [1.54, 1.807) is 0 Å². The molecule has 0 aromatic heterocycles. The summed E-state index contributed by atoms with van der Waals surface area (Å²) in [5.41, 5.74) is 5.84. The van der Waals surface area contributed by atoms with E-state index in [-0.39, 0.29) is 11.7 Å². The first kappa shape index (κ1) is 14.2. The van der Waals surface area contributed by atoms with E-state index in [4.69, 9.17) is 5.73 Å². The van der Waals surface area contributed by atoms with E-state index in [1.807, 2.05) is 0 Å². The molecule has 2 rings (SSSR count). The highest BCUT2D eigenvalue weighted by molar-refractivity contribution is 7.90. The van der Waals surface area contributed by atoms with Crippen LogP contribution in [0.4, 0.5) is 10.1 Å². The molecule has 1 heterocycles. The lowest BCUT2D eigenvalue weighted by Gasteiger charge is -2.33. The van der Waals surface area contributed by atoms with Gasteiger partial charge in [0.05, 0.1) is 5.69 Å². The highest BCUT2D eigenvalue weighted by Gasteiger charge is 2.31. The van der Waals surface area contributed by atoms with Crippen LogP contribution in [0, 0.1) is 5.82 Å². The molecule has 0 radical (unpaired) electrons. The summed E-state index contributed by atoms with van der Waals surface area (Å²) in [6.07, 6.45) is 2.56. The van der Waals surface area contributed by atoms with Crippen LogP contribution in [-0.2, 0) is 10.2 Å². The minimum absolute atomic E-state index is 0.181. The highest BCUT2D eigenvalue weighted by atomic mass is 32.2. The van der Waals surface area contributed by atoms with Gasteiger partial charge in [-0.25, -0.2) is 4.39 Å². The molecular formula is C12H18FN3O2S. The standard InChI is InChI=1S/C12H18FN3O2S/c13-10-4-3-5-11(8-10)15-19(17,18)16-7-2-1-6-12(16)9-14/h3-5,8,12,15H,1-2,6-7,9,14H2. The van der Waals surface area contributed by atoms with Gasteiger partial charge in [0.25, 0.3) is 0 Å². The van der Waals surface area contributed by atoms with E-state index in [1.165, 1.54) is 22.5 Å². The number of anilines is 1. The number of nitrogens with two attached hydrogens (primary N) is 1. The molecule has 106 valence electrons. The Labute approximate surface area is 112 Å². The van der Waals surface area contributed by atoms with Gasteiger partial charge in [0, 0.05) is 19.1 Å². The van der Waals surface area contributed by atoms with Gasteiger partial charge in [-0.3, -0.25) is 4.72 Å². The number of benzene rings is 1. The quantitative estimate of drug-likeness (QED) is 0.876. The minimum atomic E-state index is -3.68. The second-order valence-electron chi connectivity index (χ2n) is 4.61. The summed E-state index contributed by atoms with van der Waals surface area (Å²) in [5.74, 6) is -0.478. The third kappa shape index (κ3) is 3.43. The monoisotopic (exact) mass is 287 g/mol. The average molecular weight is 287 g/mol. The fraction of sp³-hybridized carbons (Fsp3) is 0.500. The molecule has 0 bridgehead atoms. The SMILES string of the molecule is NCC1CCCCN1S(=O)(=O)Nc1cccc(F)c1. The molecule has 19 heavy (non-hydrogen) atoms. The van der Waals surface area contributed by atoms with Crippen LogP contribution < -0.4 is 10.5 Å². The van der Waals surface area contributed by atoms with Crippen molar-refractivity contribution in [1.82, 2.24) is 4.31 Å². The average Bonchev–Trinajstić information content (AvgIpc) is 2.38. The van der Waals surface area contributed by atoms with Crippen LogP contribution in [-0.4, -0.2) is 31.9 Å². The molecule has 1 aromatic carbocycles. The Morgan fingerprint density at radius 2 is 2.21 bits per heavy atom. The van der Waals surface area contributed by atoms with Gasteiger partial charge < -0.3 is 5.73 Å². The van der Waals surface area contributed by atoms with Gasteiger partial charge in [-0.1, -0.05) is 12.5 Å². The van der Waals surface area contributed by atoms with E-state index >= 15 is 0 Å². The van der Waals surface area contributed by atoms with Crippen molar-refractivity contribution >= 4 is 15.9 Å². The van der Waals surface area contributed by atoms with Crippen molar-refractivity contribution in [3.8, 4) is 0 Å². The maximum atomic E-state index is 13.1. The molecule has 1 atom stereocenters. The van der Waals surface area contributed by atoms with Crippen molar-refractivity contribution in [2.45, 2.75) is 25.3 Å². The van der Waals surface area contributed by atoms with Crippen LogP contribution in [0.25, 0.3) is 0 Å². The largest absolute Gasteiger partial charge is 0.329 e. The maximum Gasteiger partial charge on any atom is 0.301 e. The molecule has 0 amide bonds. The number of piperidine rings is 1. The van der Waals surface area contributed by atoms with Crippen LogP contribution in [0.5, 0.6) is 0 Å². The predicted molar refractivity (Wildman–Crippen MR) is 72.3 cm³/mol. The summed E-state index contributed by atoms with van der Waals surface area (Å²) < 4.78 is 41.4. The summed E-state index contributed by atoms with van der Waals surface area (Å²) in [6.45, 7) is 0.747. The second-order valence-corrected chi connectivity index (χ2v) is 6.24. The van der Waals surface area contributed by atoms with Crippen molar-refractivity contribution in [1.29, 1.82) is 0 Å². The first-order valence-electron chi connectivity index (χ1n) is 6.28. The van der Waals surface area contributed by atoms with E-state index in [0.717, 1.165) is 25.3 Å². The Hall–Kier alpha value is -1.18. The van der Waals surface area contributed by atoms with Gasteiger partial charge in [-0.15, -0.1) is 0 Å². The number of nitrogens with zero attached hydrogens (tertiary/aromatic N) is 1. The van der Waals surface area contributed by atoms with Crippen molar-refractivity contribution in [3.63, 3.8) is 0 Å². The molecule has 1 fully saturated rings. The molecule has 1 unspecified atom stereocenters. The molecule has 1 aromatic rings. The number of hydrogen-bond donors (Lipinski definition) is 2. The van der Waals surface area contributed by atoms with Crippen LogP contribution >= 0.6 is 0 Å². The van der Waals surface area contributed by atoms with Crippen LogP contribution in [0.2, 0.25) is 0 Å². The Kier molecular flexibility index (Phi) is 4.38. The van der Waals surface area contributed by atoms with Crippen molar-refractivity contribution in [2.24, 2.45) is 5.73 Å². The summed E-state index contributed by atoms with van der Waals surface area (Å²) in [6, 6.07) is 5.21. The number of nitrogens with one attached hydrogen (secondary N) is 1. The normalized spacial score (nSPS) is 21.3. The Balaban J connectivity index is 2.17. The molecule has 7 heteroatoms. The highest BCUT2D eigenvalue weighted by Crippen LogP contribution is 2.21. The van der Waals surface area contributed by atoms with E-state index in [0.29, 0.717) is 13.1 Å². The van der Waals surface area contributed by atoms with Crippen LogP contribution in [0.15, 0.2) is 24.3 Å². The Morgan fingerprint density at radius 1 is 1.42 bits per heavy atom. The number of hydrogen-bond acceptors (Lipinski definition) is 3. The molecule has 0 spiro atoms. The predicted octanol–water partition coefficient (Wildman–Crippen LogP) is 1.30. The molecule has 3 N–H and O–H groups in total. The van der Waals surface area contributed by atoms with Crippen LogP contribution in [0.1, 0.15) is 19.3 Å².